The lowest BCUT2D eigenvalue weighted by Gasteiger charge is -2.29. The number of fused-ring (bicyclic) bond motifs is 1. The van der Waals surface area contributed by atoms with Gasteiger partial charge in [-0.05, 0) is 28.8 Å². The average molecular weight is 388 g/mol. The highest BCUT2D eigenvalue weighted by molar-refractivity contribution is 5.90. The first-order valence-corrected chi connectivity index (χ1v) is 8.54. The van der Waals surface area contributed by atoms with Crippen LogP contribution in [0.3, 0.4) is 0 Å². The molecule has 1 amide bonds. The summed E-state index contributed by atoms with van der Waals surface area (Å²) in [5.41, 5.74) is 2.07. The number of esters is 1. The summed E-state index contributed by atoms with van der Waals surface area (Å²) in [6, 6.07) is 12.3. The molecule has 0 saturated heterocycles. The van der Waals surface area contributed by atoms with E-state index in [9.17, 15) is 18.8 Å². The van der Waals surface area contributed by atoms with E-state index in [2.05, 4.69) is 0 Å². The monoisotopic (exact) mass is 388 g/mol. The molecular formula is C20H19FNO6+. The van der Waals surface area contributed by atoms with Crippen LogP contribution >= 0.6 is 0 Å². The highest BCUT2D eigenvalue weighted by Gasteiger charge is 2.46. The minimum Gasteiger partial charge on any atom is -0.475 e. The molecule has 0 spiro atoms. The number of benzene rings is 2. The van der Waals surface area contributed by atoms with E-state index in [1.807, 2.05) is 6.07 Å². The van der Waals surface area contributed by atoms with Crippen LogP contribution < -0.4 is 0 Å². The van der Waals surface area contributed by atoms with Crippen LogP contribution in [0.25, 0.3) is 0 Å². The van der Waals surface area contributed by atoms with Gasteiger partial charge in [0.1, 0.15) is 5.82 Å². The van der Waals surface area contributed by atoms with Gasteiger partial charge in [0.05, 0.1) is 6.04 Å². The number of hydrogen-bond acceptors (Lipinski definition) is 4. The Hall–Kier alpha value is -3.26. The Balaban J connectivity index is 2.04. The van der Waals surface area contributed by atoms with Gasteiger partial charge in [-0.3, -0.25) is 9.59 Å². The molecule has 3 rings (SSSR count). The summed E-state index contributed by atoms with van der Waals surface area (Å²) in [5, 5.41) is 16.9. The molecular weight excluding hydrogens is 369 g/mol. The Morgan fingerprint density at radius 2 is 1.93 bits per heavy atom. The number of amides is 1. The normalized spacial score (nSPS) is 17.5. The first-order chi connectivity index (χ1) is 13.3. The van der Waals surface area contributed by atoms with Crippen LogP contribution in [0.1, 0.15) is 29.7 Å². The number of carboxylic acid groups (broad SMARTS) is 1. The van der Waals surface area contributed by atoms with Gasteiger partial charge < -0.3 is 19.8 Å². The van der Waals surface area contributed by atoms with Crippen molar-refractivity contribution >= 4 is 17.8 Å². The third kappa shape index (κ3) is 3.72. The maximum absolute atomic E-state index is 13.8. The second kappa shape index (κ2) is 7.77. The number of nitrogens with zero attached hydrogens (tertiary/aromatic N) is 1. The molecule has 1 aliphatic heterocycles. The van der Waals surface area contributed by atoms with E-state index in [0.29, 0.717) is 5.56 Å². The second-order valence-corrected chi connectivity index (χ2v) is 6.47. The summed E-state index contributed by atoms with van der Waals surface area (Å²) >= 11 is 0. The highest BCUT2D eigenvalue weighted by Crippen LogP contribution is 2.39. The fourth-order valence-corrected chi connectivity index (χ4v) is 3.36. The molecule has 0 aromatic heterocycles. The number of ether oxygens (including phenoxy) is 1. The van der Waals surface area contributed by atoms with Crippen molar-refractivity contribution in [3.8, 4) is 0 Å². The molecule has 1 aliphatic rings. The molecule has 146 valence electrons. The van der Waals surface area contributed by atoms with Gasteiger partial charge in [-0.15, -0.1) is 0 Å². The van der Waals surface area contributed by atoms with Crippen LogP contribution in [0.4, 0.5) is 4.39 Å². The number of carbonyl (C=O) groups excluding carboxylic acids is 2. The van der Waals surface area contributed by atoms with E-state index < -0.39 is 41.9 Å². The van der Waals surface area contributed by atoms with E-state index in [4.69, 9.17) is 14.9 Å². The van der Waals surface area contributed by atoms with Crippen LogP contribution in [0.5, 0.6) is 0 Å². The number of carboxylic acids is 1. The summed E-state index contributed by atoms with van der Waals surface area (Å²) in [7, 11) is 0. The molecule has 7 nitrogen and oxygen atoms in total. The Morgan fingerprint density at radius 1 is 1.21 bits per heavy atom. The van der Waals surface area contributed by atoms with Crippen LogP contribution in [-0.2, 0) is 25.7 Å². The third-order valence-electron chi connectivity index (χ3n) is 4.55. The average Bonchev–Trinajstić information content (AvgIpc) is 3.04. The maximum Gasteiger partial charge on any atom is 0.389 e. The number of carbonyl (C=O) groups is 3. The third-order valence-corrected chi connectivity index (χ3v) is 4.55. The predicted molar refractivity (Wildman–Crippen MR) is 95.8 cm³/mol. The van der Waals surface area contributed by atoms with Gasteiger partial charge >= 0.3 is 11.9 Å². The molecule has 28 heavy (non-hydrogen) atoms. The lowest BCUT2D eigenvalue weighted by Crippen LogP contribution is -2.49. The number of halogens is 1. The van der Waals surface area contributed by atoms with E-state index in [0.717, 1.165) is 18.1 Å². The fraction of sp³-hybridized carbons (Fsp3) is 0.250. The molecule has 0 fully saturated rings. The highest BCUT2D eigenvalue weighted by atomic mass is 19.1. The Kier molecular flexibility index (Phi) is 5.41. The zero-order valence-electron chi connectivity index (χ0n) is 15.0. The molecule has 0 radical (unpaired) electrons. The topological polar surface area (TPSA) is 107 Å². The lowest BCUT2D eigenvalue weighted by molar-refractivity contribution is -0.174. The fourth-order valence-electron chi connectivity index (χ4n) is 3.36. The first-order valence-electron chi connectivity index (χ1n) is 8.54. The number of aliphatic carboxylic acids is 1. The minimum absolute atomic E-state index is 0.125. The van der Waals surface area contributed by atoms with Crippen molar-refractivity contribution in [3.05, 3.63) is 71.0 Å². The number of rotatable bonds is 5. The van der Waals surface area contributed by atoms with Gasteiger partial charge in [-0.2, -0.15) is 0 Å². The summed E-state index contributed by atoms with van der Waals surface area (Å²) in [5.74, 6) is -3.74. The van der Waals surface area contributed by atoms with Crippen molar-refractivity contribution in [2.75, 3.05) is 0 Å². The Morgan fingerprint density at radius 3 is 2.57 bits per heavy atom. The zero-order chi connectivity index (χ0) is 20.4. The van der Waals surface area contributed by atoms with Crippen molar-refractivity contribution in [3.63, 3.8) is 0 Å². The molecule has 1 heterocycles. The minimum atomic E-state index is -1.98. The van der Waals surface area contributed by atoms with E-state index in [-0.39, 0.29) is 6.54 Å². The smallest absolute Gasteiger partial charge is 0.389 e. The molecule has 1 unspecified atom stereocenters. The van der Waals surface area contributed by atoms with Crippen molar-refractivity contribution in [2.24, 2.45) is 0 Å². The van der Waals surface area contributed by atoms with E-state index >= 15 is 0 Å². The molecule has 0 saturated carbocycles. The standard InChI is InChI=1S/C20H18FNO6/c1-11(23)28-18(17(24)20(26)27)19(25)22-10-13-5-2-3-8-15(13)16(22)12-6-4-7-14(21)9-12/h2-9,16-18,24H,10H2,1H3,(H,26,27)/p+1/t16?,17-,18-/m1/s1. The molecule has 3 N–H and O–H groups in total. The first kappa shape index (κ1) is 19.5. The van der Waals surface area contributed by atoms with Crippen LogP contribution in [0.15, 0.2) is 48.5 Å². The summed E-state index contributed by atoms with van der Waals surface area (Å²) in [6.45, 7) is 1.16. The van der Waals surface area contributed by atoms with E-state index in [1.54, 1.807) is 24.3 Å². The molecule has 2 aromatic rings. The lowest BCUT2D eigenvalue weighted by atomic mass is 9.97. The van der Waals surface area contributed by atoms with Crippen molar-refractivity contribution in [1.29, 1.82) is 0 Å². The SMILES string of the molecule is CC(=O)O[C@@H](C(=O)N1Cc2ccccc2C1c1cccc(F)c1)[C@@H]([OH2+])C(=O)O. The van der Waals surface area contributed by atoms with Crippen LogP contribution in [-0.4, -0.2) is 45.2 Å². The molecule has 8 heteroatoms. The summed E-state index contributed by atoms with van der Waals surface area (Å²) in [4.78, 5) is 37.1. The van der Waals surface area contributed by atoms with Gasteiger partial charge in [0.25, 0.3) is 18.1 Å². The maximum atomic E-state index is 13.8. The largest absolute Gasteiger partial charge is 0.475 e. The summed E-state index contributed by atoms with van der Waals surface area (Å²) in [6.07, 6.45) is -3.78. The Labute approximate surface area is 160 Å². The predicted octanol–water partition coefficient (Wildman–Crippen LogP) is 1.37. The molecule has 3 atom stereocenters. The zero-order valence-corrected chi connectivity index (χ0v) is 15.0. The van der Waals surface area contributed by atoms with Crippen LogP contribution in [0, 0.1) is 5.82 Å². The molecule has 2 aromatic carbocycles. The molecule has 0 aliphatic carbocycles. The number of hydrogen-bond donors (Lipinski definition) is 1. The van der Waals surface area contributed by atoms with Gasteiger partial charge in [-0.1, -0.05) is 36.4 Å². The second-order valence-electron chi connectivity index (χ2n) is 6.47. The van der Waals surface area contributed by atoms with Crippen molar-refractivity contribution in [1.82, 2.24) is 4.90 Å². The Bertz CT molecular complexity index is 930. The van der Waals surface area contributed by atoms with Gasteiger partial charge in [0.2, 0.25) is 0 Å². The van der Waals surface area contributed by atoms with Gasteiger partial charge in [0, 0.05) is 13.5 Å². The van der Waals surface area contributed by atoms with Gasteiger partial charge in [-0.25, -0.2) is 9.18 Å². The quantitative estimate of drug-likeness (QED) is 0.615. The van der Waals surface area contributed by atoms with Crippen LogP contribution in [0.2, 0.25) is 0 Å². The van der Waals surface area contributed by atoms with Crippen molar-refractivity contribution < 1.29 is 33.7 Å². The van der Waals surface area contributed by atoms with Gasteiger partial charge in [0.15, 0.2) is 0 Å². The van der Waals surface area contributed by atoms with E-state index in [1.165, 1.54) is 23.1 Å². The molecule has 0 bridgehead atoms. The summed E-state index contributed by atoms with van der Waals surface area (Å²) < 4.78 is 18.7. The van der Waals surface area contributed by atoms with Crippen molar-refractivity contribution in [2.45, 2.75) is 31.7 Å².